The zero-order valence-corrected chi connectivity index (χ0v) is 14.6. The van der Waals surface area contributed by atoms with Crippen molar-refractivity contribution in [2.24, 2.45) is 0 Å². The maximum absolute atomic E-state index is 12.9. The third kappa shape index (κ3) is 2.95. The fourth-order valence-corrected chi connectivity index (χ4v) is 3.59. The average molecular weight is 365 g/mol. The lowest BCUT2D eigenvalue weighted by atomic mass is 10.1. The van der Waals surface area contributed by atoms with Crippen LogP contribution in [0.5, 0.6) is 5.75 Å². The highest BCUT2D eigenvalue weighted by Crippen LogP contribution is 2.28. The number of aromatic hydroxyl groups is 1. The Balaban J connectivity index is 1.59. The second-order valence-electron chi connectivity index (χ2n) is 5.76. The summed E-state index contributed by atoms with van der Waals surface area (Å²) in [6, 6.07) is 14.3. The van der Waals surface area contributed by atoms with Gasteiger partial charge in [0.15, 0.2) is 5.78 Å². The summed E-state index contributed by atoms with van der Waals surface area (Å²) < 4.78 is 1.54. The van der Waals surface area contributed by atoms with E-state index in [0.29, 0.717) is 16.4 Å². The minimum atomic E-state index is -0.365. The molecule has 26 heavy (non-hydrogen) atoms. The summed E-state index contributed by atoms with van der Waals surface area (Å²) in [4.78, 5) is 16.0. The van der Waals surface area contributed by atoms with Gasteiger partial charge in [-0.3, -0.25) is 4.79 Å². The minimum absolute atomic E-state index is 0.00714. The van der Waals surface area contributed by atoms with Gasteiger partial charge in [0.2, 0.25) is 5.16 Å². The first-order valence-electron chi connectivity index (χ1n) is 7.98. The van der Waals surface area contributed by atoms with Crippen LogP contribution < -0.4 is 0 Å². The van der Waals surface area contributed by atoms with Crippen LogP contribution in [0.15, 0.2) is 59.9 Å². The molecule has 0 aliphatic heterocycles. The Labute approximate surface area is 153 Å². The van der Waals surface area contributed by atoms with Gasteiger partial charge >= 0.3 is 0 Å². The minimum Gasteiger partial charge on any atom is -0.508 e. The predicted molar refractivity (Wildman–Crippen MR) is 98.8 cm³/mol. The van der Waals surface area contributed by atoms with E-state index >= 15 is 0 Å². The number of hydrogen-bond donors (Lipinski definition) is 2. The van der Waals surface area contributed by atoms with Crippen molar-refractivity contribution >= 4 is 28.4 Å². The molecule has 0 aliphatic rings. The Morgan fingerprint density at radius 2 is 1.96 bits per heavy atom. The fraction of sp³-hybridized carbons (Fsp3) is 0.111. The topological polar surface area (TPSA) is 96.7 Å². The molecule has 2 aromatic carbocycles. The number of para-hydroxylation sites is 1. The Morgan fingerprint density at radius 3 is 2.77 bits per heavy atom. The van der Waals surface area contributed by atoms with Crippen LogP contribution in [0.4, 0.5) is 0 Å². The monoisotopic (exact) mass is 365 g/mol. The van der Waals surface area contributed by atoms with Crippen molar-refractivity contribution in [2.45, 2.75) is 17.3 Å². The molecule has 0 saturated heterocycles. The number of thioether (sulfide) groups is 1. The number of aromatic amines is 1. The van der Waals surface area contributed by atoms with Crippen molar-refractivity contribution in [1.82, 2.24) is 25.2 Å². The van der Waals surface area contributed by atoms with E-state index in [1.54, 1.807) is 35.1 Å². The van der Waals surface area contributed by atoms with Crippen molar-refractivity contribution in [1.29, 1.82) is 0 Å². The molecule has 4 rings (SSSR count). The summed E-state index contributed by atoms with van der Waals surface area (Å²) >= 11 is 1.29. The molecule has 4 aromatic rings. The van der Waals surface area contributed by atoms with E-state index in [1.165, 1.54) is 11.8 Å². The van der Waals surface area contributed by atoms with Crippen LogP contribution >= 0.6 is 11.8 Å². The molecule has 2 aromatic heterocycles. The van der Waals surface area contributed by atoms with Gasteiger partial charge in [-0.25, -0.2) is 0 Å². The van der Waals surface area contributed by atoms with Gasteiger partial charge in [-0.15, -0.1) is 5.10 Å². The molecule has 0 aliphatic carbocycles. The first kappa shape index (κ1) is 16.3. The van der Waals surface area contributed by atoms with Crippen LogP contribution in [0.25, 0.3) is 16.6 Å². The highest BCUT2D eigenvalue weighted by molar-refractivity contribution is 8.00. The molecule has 0 amide bonds. The summed E-state index contributed by atoms with van der Waals surface area (Å²) in [5.74, 6) is 0.173. The maximum atomic E-state index is 12.9. The molecular formula is C18H15N5O2S. The number of fused-ring (bicyclic) bond motifs is 1. The van der Waals surface area contributed by atoms with Crippen molar-refractivity contribution in [2.75, 3.05) is 0 Å². The van der Waals surface area contributed by atoms with Crippen LogP contribution in [-0.2, 0) is 0 Å². The quantitative estimate of drug-likeness (QED) is 0.416. The lowest BCUT2D eigenvalue weighted by Crippen LogP contribution is -2.14. The Kier molecular flexibility index (Phi) is 4.18. The first-order valence-corrected chi connectivity index (χ1v) is 8.86. The standard InChI is InChI=1S/C18H15N5O2S/c1-11(17(25)15-10-19-16-5-3-2-4-14(15)16)26-18-20-21-22-23(18)12-6-8-13(24)9-7-12/h2-11,19,24H,1H3/t11-/m0/s1. The lowest BCUT2D eigenvalue weighted by Gasteiger charge is -2.09. The van der Waals surface area contributed by atoms with Crippen LogP contribution in [0, 0.1) is 0 Å². The molecule has 8 heteroatoms. The summed E-state index contributed by atoms with van der Waals surface area (Å²) in [5.41, 5.74) is 2.30. The smallest absolute Gasteiger partial charge is 0.214 e. The number of carbonyl (C=O) groups excluding carboxylic acids is 1. The Bertz CT molecular complexity index is 1070. The van der Waals surface area contributed by atoms with Crippen molar-refractivity contribution < 1.29 is 9.90 Å². The van der Waals surface area contributed by atoms with E-state index < -0.39 is 0 Å². The number of nitrogens with one attached hydrogen (secondary N) is 1. The van der Waals surface area contributed by atoms with Crippen LogP contribution in [0.1, 0.15) is 17.3 Å². The van der Waals surface area contributed by atoms with Gasteiger partial charge in [0.1, 0.15) is 5.75 Å². The molecule has 0 spiro atoms. The van der Waals surface area contributed by atoms with Crippen LogP contribution in [0.2, 0.25) is 0 Å². The highest BCUT2D eigenvalue weighted by Gasteiger charge is 2.22. The predicted octanol–water partition coefficient (Wildman–Crippen LogP) is 3.21. The molecule has 0 saturated carbocycles. The van der Waals surface area contributed by atoms with E-state index in [4.69, 9.17) is 0 Å². The third-order valence-corrected chi connectivity index (χ3v) is 5.07. The molecule has 7 nitrogen and oxygen atoms in total. The Hall–Kier alpha value is -3.13. The van der Waals surface area contributed by atoms with Gasteiger partial charge in [0.05, 0.1) is 10.9 Å². The number of tetrazole rings is 1. The van der Waals surface area contributed by atoms with E-state index in [-0.39, 0.29) is 16.8 Å². The SMILES string of the molecule is C[C@H](Sc1nnnn1-c1ccc(O)cc1)C(=O)c1c[nH]c2ccccc12. The van der Waals surface area contributed by atoms with Gasteiger partial charge in [0, 0.05) is 22.7 Å². The molecule has 0 unspecified atom stereocenters. The average Bonchev–Trinajstić information content (AvgIpc) is 3.28. The number of nitrogens with zero attached hydrogens (tertiary/aromatic N) is 4. The molecular weight excluding hydrogens is 350 g/mol. The van der Waals surface area contributed by atoms with Crippen molar-refractivity contribution in [3.63, 3.8) is 0 Å². The zero-order chi connectivity index (χ0) is 18.1. The molecule has 0 fully saturated rings. The summed E-state index contributed by atoms with van der Waals surface area (Å²) in [6.07, 6.45) is 1.74. The van der Waals surface area contributed by atoms with E-state index in [1.807, 2.05) is 31.2 Å². The van der Waals surface area contributed by atoms with Crippen LogP contribution in [-0.4, -0.2) is 41.3 Å². The molecule has 2 N–H and O–H groups in total. The second-order valence-corrected chi connectivity index (χ2v) is 7.07. The molecule has 0 bridgehead atoms. The normalized spacial score (nSPS) is 12.3. The number of rotatable bonds is 5. The number of phenols is 1. The number of H-pyrrole nitrogens is 1. The molecule has 0 radical (unpaired) electrons. The zero-order valence-electron chi connectivity index (χ0n) is 13.8. The first-order chi connectivity index (χ1) is 12.6. The third-order valence-electron chi connectivity index (χ3n) is 4.04. The maximum Gasteiger partial charge on any atom is 0.214 e. The largest absolute Gasteiger partial charge is 0.508 e. The highest BCUT2D eigenvalue weighted by atomic mass is 32.2. The number of phenolic OH excluding ortho intramolecular Hbond substituents is 1. The fourth-order valence-electron chi connectivity index (χ4n) is 2.71. The van der Waals surface area contributed by atoms with Gasteiger partial charge in [0.25, 0.3) is 0 Å². The number of aromatic nitrogens is 5. The summed E-state index contributed by atoms with van der Waals surface area (Å²) in [6.45, 7) is 1.84. The van der Waals surface area contributed by atoms with Crippen molar-refractivity contribution in [3.8, 4) is 11.4 Å². The number of Topliss-reactive ketones (excluding diaryl/α,β-unsaturated/α-hetero) is 1. The molecule has 1 atom stereocenters. The number of benzene rings is 2. The van der Waals surface area contributed by atoms with Crippen molar-refractivity contribution in [3.05, 3.63) is 60.3 Å². The van der Waals surface area contributed by atoms with Crippen LogP contribution in [0.3, 0.4) is 0 Å². The Morgan fingerprint density at radius 1 is 1.19 bits per heavy atom. The van der Waals surface area contributed by atoms with Gasteiger partial charge in [-0.1, -0.05) is 30.0 Å². The van der Waals surface area contributed by atoms with Gasteiger partial charge in [-0.05, 0) is 47.7 Å². The summed E-state index contributed by atoms with van der Waals surface area (Å²) in [5, 5.41) is 22.2. The van der Waals surface area contributed by atoms with E-state index in [2.05, 4.69) is 20.5 Å². The number of carbonyl (C=O) groups is 1. The van der Waals surface area contributed by atoms with Gasteiger partial charge in [-0.2, -0.15) is 4.68 Å². The summed E-state index contributed by atoms with van der Waals surface area (Å²) in [7, 11) is 0. The van der Waals surface area contributed by atoms with E-state index in [9.17, 15) is 9.90 Å². The van der Waals surface area contributed by atoms with Gasteiger partial charge < -0.3 is 10.1 Å². The number of ketones is 1. The lowest BCUT2D eigenvalue weighted by molar-refractivity contribution is 0.0995. The molecule has 2 heterocycles. The number of hydrogen-bond acceptors (Lipinski definition) is 6. The van der Waals surface area contributed by atoms with E-state index in [0.717, 1.165) is 10.9 Å². The molecule has 130 valence electrons. The second kappa shape index (κ2) is 6.64.